The van der Waals surface area contributed by atoms with E-state index in [4.69, 9.17) is 4.74 Å². The minimum atomic E-state index is -0.0164. The smallest absolute Gasteiger partial charge is 0.238 e. The molecule has 0 aromatic heterocycles. The summed E-state index contributed by atoms with van der Waals surface area (Å²) in [6.45, 7) is 3.32. The third-order valence-electron chi connectivity index (χ3n) is 5.16. The molecule has 2 aromatic carbocycles. The van der Waals surface area contributed by atoms with Crippen molar-refractivity contribution in [3.05, 3.63) is 54.1 Å². The maximum atomic E-state index is 12.1. The SMILES string of the molecule is COc1ccc(CCNCC(=O)Nc2ccc(N3CCCCCC3)cc2)cc1. The first-order valence-corrected chi connectivity index (χ1v) is 10.2. The Balaban J connectivity index is 1.38. The fourth-order valence-electron chi connectivity index (χ4n) is 3.52. The normalized spacial score (nSPS) is 14.4. The Morgan fingerprint density at radius 2 is 1.64 bits per heavy atom. The molecule has 1 saturated heterocycles. The number of carbonyl (C=O) groups is 1. The van der Waals surface area contributed by atoms with Gasteiger partial charge in [-0.15, -0.1) is 0 Å². The highest BCUT2D eigenvalue weighted by molar-refractivity contribution is 5.92. The number of nitrogens with one attached hydrogen (secondary N) is 2. The van der Waals surface area contributed by atoms with Gasteiger partial charge in [0.15, 0.2) is 0 Å². The van der Waals surface area contributed by atoms with Crippen molar-refractivity contribution in [2.45, 2.75) is 32.1 Å². The van der Waals surface area contributed by atoms with Crippen LogP contribution in [0.15, 0.2) is 48.5 Å². The van der Waals surface area contributed by atoms with Gasteiger partial charge in [-0.2, -0.15) is 0 Å². The molecule has 1 amide bonds. The number of hydrogen-bond donors (Lipinski definition) is 2. The molecule has 0 saturated carbocycles. The van der Waals surface area contributed by atoms with Crippen molar-refractivity contribution in [3.8, 4) is 5.75 Å². The standard InChI is InChI=1S/C23H31N3O2/c1-28-22-12-6-19(7-13-22)14-15-24-18-23(27)25-20-8-10-21(11-9-20)26-16-4-2-3-5-17-26/h6-13,24H,2-5,14-18H2,1H3,(H,25,27). The molecule has 0 radical (unpaired) electrons. The third kappa shape index (κ3) is 6.27. The molecule has 1 heterocycles. The van der Waals surface area contributed by atoms with Crippen LogP contribution in [0.5, 0.6) is 5.75 Å². The van der Waals surface area contributed by atoms with Gasteiger partial charge in [0.1, 0.15) is 5.75 Å². The molecule has 0 atom stereocenters. The molecule has 1 fully saturated rings. The van der Waals surface area contributed by atoms with Gasteiger partial charge in [0, 0.05) is 24.5 Å². The molecule has 0 aliphatic carbocycles. The Kier molecular flexibility index (Phi) is 7.73. The van der Waals surface area contributed by atoms with Gasteiger partial charge in [0.25, 0.3) is 0 Å². The summed E-state index contributed by atoms with van der Waals surface area (Å²) in [5.41, 5.74) is 3.32. The first kappa shape index (κ1) is 20.2. The van der Waals surface area contributed by atoms with E-state index in [1.807, 2.05) is 36.4 Å². The third-order valence-corrected chi connectivity index (χ3v) is 5.16. The van der Waals surface area contributed by atoms with Crippen LogP contribution < -0.4 is 20.3 Å². The predicted octanol–water partition coefficient (Wildman–Crippen LogP) is 3.85. The molecular formula is C23H31N3O2. The van der Waals surface area contributed by atoms with Crippen molar-refractivity contribution in [2.75, 3.05) is 43.5 Å². The lowest BCUT2D eigenvalue weighted by Gasteiger charge is -2.22. The molecule has 5 nitrogen and oxygen atoms in total. The summed E-state index contributed by atoms with van der Waals surface area (Å²) in [4.78, 5) is 14.6. The Morgan fingerprint density at radius 1 is 0.964 bits per heavy atom. The zero-order valence-corrected chi connectivity index (χ0v) is 16.7. The molecule has 2 N–H and O–H groups in total. The van der Waals surface area contributed by atoms with Crippen molar-refractivity contribution in [3.63, 3.8) is 0 Å². The number of amides is 1. The molecule has 0 spiro atoms. The molecular weight excluding hydrogens is 350 g/mol. The molecule has 28 heavy (non-hydrogen) atoms. The Bertz CT molecular complexity index is 721. The van der Waals surface area contributed by atoms with E-state index in [1.54, 1.807) is 7.11 Å². The van der Waals surface area contributed by atoms with Crippen molar-refractivity contribution in [1.29, 1.82) is 0 Å². The van der Waals surface area contributed by atoms with Crippen LogP contribution in [0, 0.1) is 0 Å². The van der Waals surface area contributed by atoms with Crippen LogP contribution in [0.2, 0.25) is 0 Å². The number of ether oxygens (including phenoxy) is 1. The summed E-state index contributed by atoms with van der Waals surface area (Å²) in [6, 6.07) is 16.2. The van der Waals surface area contributed by atoms with E-state index in [-0.39, 0.29) is 5.91 Å². The maximum absolute atomic E-state index is 12.1. The van der Waals surface area contributed by atoms with E-state index in [2.05, 4.69) is 27.7 Å². The summed E-state index contributed by atoms with van der Waals surface area (Å²) in [7, 11) is 1.66. The molecule has 0 unspecified atom stereocenters. The number of methoxy groups -OCH3 is 1. The van der Waals surface area contributed by atoms with Crippen LogP contribution in [0.4, 0.5) is 11.4 Å². The number of anilines is 2. The fraction of sp³-hybridized carbons (Fsp3) is 0.435. The summed E-state index contributed by atoms with van der Waals surface area (Å²) >= 11 is 0. The van der Waals surface area contributed by atoms with Crippen LogP contribution in [-0.2, 0) is 11.2 Å². The summed E-state index contributed by atoms with van der Waals surface area (Å²) < 4.78 is 5.16. The second kappa shape index (κ2) is 10.7. The van der Waals surface area contributed by atoms with Gasteiger partial charge < -0.3 is 20.3 Å². The number of nitrogens with zero attached hydrogens (tertiary/aromatic N) is 1. The largest absolute Gasteiger partial charge is 0.497 e. The molecule has 1 aliphatic rings. The van der Waals surface area contributed by atoms with Gasteiger partial charge in [-0.1, -0.05) is 25.0 Å². The number of carbonyl (C=O) groups excluding carboxylic acids is 1. The van der Waals surface area contributed by atoms with Gasteiger partial charge in [-0.3, -0.25) is 4.79 Å². The minimum Gasteiger partial charge on any atom is -0.497 e. The highest BCUT2D eigenvalue weighted by Gasteiger charge is 2.10. The summed E-state index contributed by atoms with van der Waals surface area (Å²) in [5, 5.41) is 6.16. The lowest BCUT2D eigenvalue weighted by molar-refractivity contribution is -0.115. The molecule has 1 aliphatic heterocycles. The highest BCUT2D eigenvalue weighted by Crippen LogP contribution is 2.21. The number of benzene rings is 2. The van der Waals surface area contributed by atoms with Crippen LogP contribution >= 0.6 is 0 Å². The lowest BCUT2D eigenvalue weighted by atomic mass is 10.1. The van der Waals surface area contributed by atoms with Crippen molar-refractivity contribution >= 4 is 17.3 Å². The molecule has 2 aromatic rings. The van der Waals surface area contributed by atoms with Gasteiger partial charge in [-0.25, -0.2) is 0 Å². The Hall–Kier alpha value is -2.53. The van der Waals surface area contributed by atoms with Crippen molar-refractivity contribution in [2.24, 2.45) is 0 Å². The van der Waals surface area contributed by atoms with Crippen LogP contribution in [-0.4, -0.2) is 39.2 Å². The predicted molar refractivity (Wildman–Crippen MR) is 115 cm³/mol. The lowest BCUT2D eigenvalue weighted by Crippen LogP contribution is -2.29. The average molecular weight is 382 g/mol. The van der Waals surface area contributed by atoms with E-state index < -0.39 is 0 Å². The second-order valence-electron chi connectivity index (χ2n) is 7.27. The average Bonchev–Trinajstić information content (AvgIpc) is 3.02. The molecule has 5 heteroatoms. The summed E-state index contributed by atoms with van der Waals surface area (Å²) in [6.07, 6.45) is 6.06. The molecule has 3 rings (SSSR count). The number of rotatable bonds is 8. The van der Waals surface area contributed by atoms with Gasteiger partial charge >= 0.3 is 0 Å². The van der Waals surface area contributed by atoms with E-state index in [1.165, 1.54) is 36.9 Å². The van der Waals surface area contributed by atoms with E-state index in [0.717, 1.165) is 37.5 Å². The Morgan fingerprint density at radius 3 is 2.29 bits per heavy atom. The number of hydrogen-bond acceptors (Lipinski definition) is 4. The first-order chi connectivity index (χ1) is 13.7. The van der Waals surface area contributed by atoms with Crippen LogP contribution in [0.25, 0.3) is 0 Å². The monoisotopic (exact) mass is 381 g/mol. The van der Waals surface area contributed by atoms with E-state index >= 15 is 0 Å². The highest BCUT2D eigenvalue weighted by atomic mass is 16.5. The van der Waals surface area contributed by atoms with Crippen LogP contribution in [0.1, 0.15) is 31.2 Å². The topological polar surface area (TPSA) is 53.6 Å². The molecule has 150 valence electrons. The fourth-order valence-corrected chi connectivity index (χ4v) is 3.52. The Labute approximate surface area is 168 Å². The van der Waals surface area contributed by atoms with Crippen molar-refractivity contribution < 1.29 is 9.53 Å². The zero-order valence-electron chi connectivity index (χ0n) is 16.7. The van der Waals surface area contributed by atoms with Gasteiger partial charge in [-0.05, 0) is 67.8 Å². The summed E-state index contributed by atoms with van der Waals surface area (Å²) in [5.74, 6) is 0.843. The zero-order chi connectivity index (χ0) is 19.6. The van der Waals surface area contributed by atoms with Gasteiger partial charge in [0.05, 0.1) is 13.7 Å². The van der Waals surface area contributed by atoms with E-state index in [9.17, 15) is 4.79 Å². The first-order valence-electron chi connectivity index (χ1n) is 10.2. The second-order valence-corrected chi connectivity index (χ2v) is 7.27. The minimum absolute atomic E-state index is 0.0164. The van der Waals surface area contributed by atoms with E-state index in [0.29, 0.717) is 6.54 Å². The van der Waals surface area contributed by atoms with Crippen LogP contribution in [0.3, 0.4) is 0 Å². The quantitative estimate of drug-likeness (QED) is 0.682. The molecule has 0 bridgehead atoms. The van der Waals surface area contributed by atoms with Crippen molar-refractivity contribution in [1.82, 2.24) is 5.32 Å². The van der Waals surface area contributed by atoms with Gasteiger partial charge in [0.2, 0.25) is 5.91 Å². The maximum Gasteiger partial charge on any atom is 0.238 e.